The van der Waals surface area contributed by atoms with Crippen LogP contribution in [0.3, 0.4) is 0 Å². The molecule has 0 rings (SSSR count). The molecule has 0 aliphatic carbocycles. The second-order valence-corrected chi connectivity index (χ2v) is 4.13. The van der Waals surface area contributed by atoms with Gasteiger partial charge in [0, 0.05) is 6.61 Å². The summed E-state index contributed by atoms with van der Waals surface area (Å²) in [6.07, 6.45) is 4.83. The number of alkyl halides is 2. The molecule has 74 valence electrons. The maximum atomic E-state index is 5.61. The molecule has 0 bridgehead atoms. The minimum absolute atomic E-state index is 0.0463. The molecule has 0 amide bonds. The van der Waals surface area contributed by atoms with Gasteiger partial charge in [-0.05, 0) is 13.3 Å². The largest absolute Gasteiger partial charge is 0.376 e. The van der Waals surface area contributed by atoms with E-state index >= 15 is 0 Å². The van der Waals surface area contributed by atoms with Crippen LogP contribution in [0.2, 0.25) is 0 Å². The Bertz CT molecular complexity index is 96.5. The van der Waals surface area contributed by atoms with E-state index in [-0.39, 0.29) is 6.10 Å². The quantitative estimate of drug-likeness (QED) is 0.462. The van der Waals surface area contributed by atoms with Crippen LogP contribution in [0.25, 0.3) is 0 Å². The highest BCUT2D eigenvalue weighted by Gasteiger charge is 2.10. The SMILES string of the molecule is CCCCCCOC(C)C(Cl)Cl. The Hall–Kier alpha value is 0.540. The van der Waals surface area contributed by atoms with Crippen molar-refractivity contribution < 1.29 is 4.74 Å². The van der Waals surface area contributed by atoms with Crippen LogP contribution in [0.5, 0.6) is 0 Å². The van der Waals surface area contributed by atoms with Gasteiger partial charge in [0.2, 0.25) is 0 Å². The van der Waals surface area contributed by atoms with E-state index in [9.17, 15) is 0 Å². The van der Waals surface area contributed by atoms with Gasteiger partial charge in [0.15, 0.2) is 0 Å². The summed E-state index contributed by atoms with van der Waals surface area (Å²) in [6, 6.07) is 0. The number of hydrogen-bond donors (Lipinski definition) is 0. The van der Waals surface area contributed by atoms with Gasteiger partial charge in [-0.2, -0.15) is 0 Å². The fraction of sp³-hybridized carbons (Fsp3) is 1.00. The summed E-state index contributed by atoms with van der Waals surface area (Å²) >= 11 is 11.2. The van der Waals surface area contributed by atoms with Crippen LogP contribution in [0.4, 0.5) is 0 Å². The molecule has 12 heavy (non-hydrogen) atoms. The van der Waals surface area contributed by atoms with E-state index in [0.717, 1.165) is 13.0 Å². The Morgan fingerprint density at radius 3 is 2.33 bits per heavy atom. The van der Waals surface area contributed by atoms with Crippen LogP contribution in [-0.2, 0) is 4.74 Å². The van der Waals surface area contributed by atoms with Crippen molar-refractivity contribution in [2.45, 2.75) is 50.5 Å². The summed E-state index contributed by atoms with van der Waals surface area (Å²) in [5, 5.41) is 0. The molecule has 0 heterocycles. The third-order valence-corrected chi connectivity index (χ3v) is 2.44. The zero-order valence-electron chi connectivity index (χ0n) is 7.85. The molecule has 0 N–H and O–H groups in total. The molecule has 1 nitrogen and oxygen atoms in total. The average Bonchev–Trinajstić information content (AvgIpc) is 2.03. The number of unbranched alkanes of at least 4 members (excludes halogenated alkanes) is 3. The molecule has 0 aliphatic heterocycles. The summed E-state index contributed by atoms with van der Waals surface area (Å²) in [4.78, 5) is -0.406. The summed E-state index contributed by atoms with van der Waals surface area (Å²) in [6.45, 7) is 4.86. The van der Waals surface area contributed by atoms with Crippen molar-refractivity contribution in [3.63, 3.8) is 0 Å². The van der Waals surface area contributed by atoms with E-state index in [4.69, 9.17) is 27.9 Å². The van der Waals surface area contributed by atoms with Gasteiger partial charge in [0.05, 0.1) is 6.10 Å². The molecule has 0 radical (unpaired) electrons. The smallest absolute Gasteiger partial charge is 0.133 e. The lowest BCUT2D eigenvalue weighted by molar-refractivity contribution is 0.0720. The van der Waals surface area contributed by atoms with Gasteiger partial charge in [-0.15, -0.1) is 23.2 Å². The molecule has 0 spiro atoms. The predicted molar refractivity (Wildman–Crippen MR) is 55.1 cm³/mol. The van der Waals surface area contributed by atoms with Crippen molar-refractivity contribution in [2.75, 3.05) is 6.61 Å². The maximum absolute atomic E-state index is 5.61. The van der Waals surface area contributed by atoms with Crippen LogP contribution >= 0.6 is 23.2 Å². The van der Waals surface area contributed by atoms with Gasteiger partial charge in [-0.25, -0.2) is 0 Å². The van der Waals surface area contributed by atoms with Crippen molar-refractivity contribution in [1.29, 1.82) is 0 Å². The van der Waals surface area contributed by atoms with Gasteiger partial charge in [0.25, 0.3) is 0 Å². The lowest BCUT2D eigenvalue weighted by atomic mass is 10.2. The standard InChI is InChI=1S/C9H18Cl2O/c1-3-4-5-6-7-12-8(2)9(10)11/h8-9H,3-7H2,1-2H3. The molecule has 1 atom stereocenters. The molecule has 0 fully saturated rings. The Morgan fingerprint density at radius 1 is 1.17 bits per heavy atom. The second-order valence-electron chi connectivity index (χ2n) is 2.97. The summed E-state index contributed by atoms with van der Waals surface area (Å²) in [5.74, 6) is 0. The third-order valence-electron chi connectivity index (χ3n) is 1.73. The van der Waals surface area contributed by atoms with Crippen molar-refractivity contribution in [3.8, 4) is 0 Å². The van der Waals surface area contributed by atoms with Crippen molar-refractivity contribution in [2.24, 2.45) is 0 Å². The molecule has 0 aliphatic rings. The monoisotopic (exact) mass is 212 g/mol. The molecular formula is C9H18Cl2O. The number of hydrogen-bond acceptors (Lipinski definition) is 1. The lowest BCUT2D eigenvalue weighted by Gasteiger charge is -2.12. The molecule has 1 unspecified atom stereocenters. The Kier molecular flexibility index (Phi) is 8.52. The van der Waals surface area contributed by atoms with E-state index in [1.54, 1.807) is 0 Å². The second kappa shape index (κ2) is 8.15. The average molecular weight is 213 g/mol. The molecule has 0 aromatic carbocycles. The fourth-order valence-corrected chi connectivity index (χ4v) is 1.02. The van der Waals surface area contributed by atoms with Crippen molar-refractivity contribution in [3.05, 3.63) is 0 Å². The van der Waals surface area contributed by atoms with Crippen molar-refractivity contribution in [1.82, 2.24) is 0 Å². The first-order valence-corrected chi connectivity index (χ1v) is 5.45. The molecule has 3 heteroatoms. The number of ether oxygens (including phenoxy) is 1. The van der Waals surface area contributed by atoms with E-state index in [2.05, 4.69) is 6.92 Å². The van der Waals surface area contributed by atoms with Gasteiger partial charge in [0.1, 0.15) is 4.84 Å². The topological polar surface area (TPSA) is 9.23 Å². The summed E-state index contributed by atoms with van der Waals surface area (Å²) < 4.78 is 5.39. The molecule has 0 aromatic heterocycles. The van der Waals surface area contributed by atoms with E-state index < -0.39 is 4.84 Å². The molecule has 0 saturated carbocycles. The maximum Gasteiger partial charge on any atom is 0.133 e. The third kappa shape index (κ3) is 7.20. The van der Waals surface area contributed by atoms with Gasteiger partial charge < -0.3 is 4.74 Å². The Labute approximate surface area is 85.4 Å². The molecule has 0 saturated heterocycles. The highest BCUT2D eigenvalue weighted by atomic mass is 35.5. The van der Waals surface area contributed by atoms with Crippen LogP contribution in [0.1, 0.15) is 39.5 Å². The van der Waals surface area contributed by atoms with Gasteiger partial charge in [-0.3, -0.25) is 0 Å². The normalized spacial score (nSPS) is 13.8. The lowest BCUT2D eigenvalue weighted by Crippen LogP contribution is -2.16. The fourth-order valence-electron chi connectivity index (χ4n) is 0.871. The highest BCUT2D eigenvalue weighted by molar-refractivity contribution is 6.44. The van der Waals surface area contributed by atoms with Crippen molar-refractivity contribution >= 4 is 23.2 Å². The van der Waals surface area contributed by atoms with E-state index in [0.29, 0.717) is 0 Å². The summed E-state index contributed by atoms with van der Waals surface area (Å²) in [7, 11) is 0. The van der Waals surface area contributed by atoms with Crippen LogP contribution in [-0.4, -0.2) is 17.5 Å². The Morgan fingerprint density at radius 2 is 1.83 bits per heavy atom. The zero-order valence-corrected chi connectivity index (χ0v) is 9.37. The predicted octanol–water partition coefficient (Wildman–Crippen LogP) is 3.78. The first-order valence-electron chi connectivity index (χ1n) is 4.58. The Balaban J connectivity index is 3.08. The van der Waals surface area contributed by atoms with E-state index in [1.165, 1.54) is 19.3 Å². The molecule has 0 aromatic rings. The number of rotatable bonds is 7. The zero-order chi connectivity index (χ0) is 9.40. The number of halogens is 2. The van der Waals surface area contributed by atoms with Gasteiger partial charge in [-0.1, -0.05) is 26.2 Å². The van der Waals surface area contributed by atoms with Crippen LogP contribution < -0.4 is 0 Å². The highest BCUT2D eigenvalue weighted by Crippen LogP contribution is 2.11. The van der Waals surface area contributed by atoms with Crippen LogP contribution in [0, 0.1) is 0 Å². The van der Waals surface area contributed by atoms with Crippen LogP contribution in [0.15, 0.2) is 0 Å². The first kappa shape index (κ1) is 12.5. The summed E-state index contributed by atoms with van der Waals surface area (Å²) in [5.41, 5.74) is 0. The minimum atomic E-state index is -0.406. The minimum Gasteiger partial charge on any atom is -0.376 e. The molecular weight excluding hydrogens is 195 g/mol. The van der Waals surface area contributed by atoms with Gasteiger partial charge >= 0.3 is 0 Å². The first-order chi connectivity index (χ1) is 5.68. The van der Waals surface area contributed by atoms with E-state index in [1.807, 2.05) is 6.92 Å².